The van der Waals surface area contributed by atoms with Crippen molar-refractivity contribution in [2.45, 2.75) is 30.3 Å². The maximum absolute atomic E-state index is 11.9. The average molecular weight is 264 g/mol. The molecule has 0 unspecified atom stereocenters. The Balaban J connectivity index is 1.49. The third kappa shape index (κ3) is 2.29. The molecule has 1 aliphatic carbocycles. The van der Waals surface area contributed by atoms with E-state index in [4.69, 9.17) is 0 Å². The summed E-state index contributed by atoms with van der Waals surface area (Å²) in [7, 11) is 0. The number of thiol groups is 1. The van der Waals surface area contributed by atoms with Crippen LogP contribution in [0, 0.1) is 5.92 Å². The van der Waals surface area contributed by atoms with Gasteiger partial charge in [-0.25, -0.2) is 9.97 Å². The molecule has 3 rings (SSSR count). The lowest BCUT2D eigenvalue weighted by Gasteiger charge is -2.41. The predicted molar refractivity (Wildman–Crippen MR) is 70.6 cm³/mol. The first kappa shape index (κ1) is 11.8. The number of anilines is 1. The van der Waals surface area contributed by atoms with Crippen LogP contribution in [0.15, 0.2) is 17.4 Å². The van der Waals surface area contributed by atoms with Crippen molar-refractivity contribution >= 4 is 24.4 Å². The molecule has 18 heavy (non-hydrogen) atoms. The van der Waals surface area contributed by atoms with Crippen molar-refractivity contribution in [3.05, 3.63) is 12.4 Å². The van der Waals surface area contributed by atoms with Gasteiger partial charge in [0.1, 0.15) is 12.1 Å². The normalized spacial score (nSPS) is 26.2. The van der Waals surface area contributed by atoms with Crippen LogP contribution < -0.4 is 5.32 Å². The van der Waals surface area contributed by atoms with Crippen LogP contribution in [0.5, 0.6) is 0 Å². The van der Waals surface area contributed by atoms with Crippen LogP contribution in [0.25, 0.3) is 0 Å². The first-order valence-corrected chi connectivity index (χ1v) is 6.73. The van der Waals surface area contributed by atoms with Gasteiger partial charge >= 0.3 is 0 Å². The Labute approximate surface area is 111 Å². The number of amides is 1. The summed E-state index contributed by atoms with van der Waals surface area (Å²) in [5, 5.41) is 3.96. The minimum absolute atomic E-state index is 0.208. The van der Waals surface area contributed by atoms with E-state index in [1.54, 1.807) is 6.07 Å². The van der Waals surface area contributed by atoms with Gasteiger partial charge < -0.3 is 10.2 Å². The predicted octanol–water partition coefficient (Wildman–Crippen LogP) is 1.19. The Morgan fingerprint density at radius 3 is 2.78 bits per heavy atom. The van der Waals surface area contributed by atoms with E-state index in [0.717, 1.165) is 38.2 Å². The van der Waals surface area contributed by atoms with Crippen molar-refractivity contribution in [2.75, 3.05) is 18.4 Å². The van der Waals surface area contributed by atoms with E-state index in [1.165, 1.54) is 6.33 Å². The summed E-state index contributed by atoms with van der Waals surface area (Å²) < 4.78 is 0. The van der Waals surface area contributed by atoms with E-state index in [9.17, 15) is 4.79 Å². The summed E-state index contributed by atoms with van der Waals surface area (Å²) >= 11 is 4.17. The fourth-order valence-corrected chi connectivity index (χ4v) is 2.54. The molecule has 1 aromatic rings. The van der Waals surface area contributed by atoms with Gasteiger partial charge in [0, 0.05) is 31.1 Å². The van der Waals surface area contributed by atoms with Gasteiger partial charge in [-0.2, -0.15) is 0 Å². The zero-order chi connectivity index (χ0) is 12.5. The Kier molecular flexibility index (Phi) is 3.11. The summed E-state index contributed by atoms with van der Waals surface area (Å²) in [6.07, 6.45) is 4.46. The molecule has 0 aromatic carbocycles. The number of nitrogens with one attached hydrogen (secondary N) is 1. The Bertz CT molecular complexity index is 457. The molecular weight excluding hydrogens is 248 g/mol. The smallest absolute Gasteiger partial charge is 0.225 e. The molecule has 1 saturated heterocycles. The van der Waals surface area contributed by atoms with Gasteiger partial charge in [-0.05, 0) is 19.3 Å². The number of likely N-dealkylation sites (tertiary alicyclic amines) is 1. The highest BCUT2D eigenvalue weighted by Gasteiger charge is 2.38. The number of nitrogens with zero attached hydrogens (tertiary/aromatic N) is 3. The molecule has 1 saturated carbocycles. The maximum Gasteiger partial charge on any atom is 0.225 e. The summed E-state index contributed by atoms with van der Waals surface area (Å²) in [6.45, 7) is 1.89. The number of carbonyl (C=O) groups excluding carboxylic acids is 1. The van der Waals surface area contributed by atoms with Crippen molar-refractivity contribution in [2.24, 2.45) is 5.92 Å². The molecule has 0 radical (unpaired) electrons. The standard InChI is InChI=1S/C12H16N4OS/c17-12(16-2-1-3-16)8-4-9(5-8)15-10-6-11(18)14-7-13-10/h6-9H,1-5H2,(H2,13,14,15,18)/t8-,9+. The van der Waals surface area contributed by atoms with Crippen molar-refractivity contribution in [3.63, 3.8) is 0 Å². The van der Waals surface area contributed by atoms with Crippen LogP contribution >= 0.6 is 12.6 Å². The van der Waals surface area contributed by atoms with E-state index in [1.807, 2.05) is 4.90 Å². The van der Waals surface area contributed by atoms with E-state index in [-0.39, 0.29) is 5.92 Å². The third-order valence-corrected chi connectivity index (χ3v) is 3.90. The molecule has 0 bridgehead atoms. The van der Waals surface area contributed by atoms with E-state index < -0.39 is 0 Å². The molecule has 2 heterocycles. The number of rotatable bonds is 3. The van der Waals surface area contributed by atoms with Gasteiger partial charge in [-0.15, -0.1) is 12.6 Å². The SMILES string of the molecule is O=C([C@H]1C[C@@H](Nc2cc(S)ncn2)C1)N1CCC1. The topological polar surface area (TPSA) is 58.1 Å². The quantitative estimate of drug-likeness (QED) is 0.636. The molecule has 6 heteroatoms. The van der Waals surface area contributed by atoms with Crippen molar-refractivity contribution in [1.82, 2.24) is 14.9 Å². The average Bonchev–Trinajstić information content (AvgIpc) is 2.20. The van der Waals surface area contributed by atoms with E-state index in [0.29, 0.717) is 17.0 Å². The number of aromatic nitrogens is 2. The lowest BCUT2D eigenvalue weighted by Crippen LogP contribution is -2.50. The van der Waals surface area contributed by atoms with Crippen molar-refractivity contribution < 1.29 is 4.79 Å². The lowest BCUT2D eigenvalue weighted by atomic mass is 9.79. The van der Waals surface area contributed by atoms with E-state index in [2.05, 4.69) is 27.9 Å². The summed E-state index contributed by atoms with van der Waals surface area (Å²) in [4.78, 5) is 21.9. The highest BCUT2D eigenvalue weighted by molar-refractivity contribution is 7.80. The lowest BCUT2D eigenvalue weighted by molar-refractivity contribution is -0.142. The van der Waals surface area contributed by atoms with Crippen LogP contribution in [0.1, 0.15) is 19.3 Å². The third-order valence-electron chi connectivity index (χ3n) is 3.66. The second-order valence-electron chi connectivity index (χ2n) is 4.95. The van der Waals surface area contributed by atoms with Crippen LogP contribution in [-0.2, 0) is 4.79 Å². The molecule has 0 atom stereocenters. The molecule has 1 aliphatic heterocycles. The first-order chi connectivity index (χ1) is 8.72. The Morgan fingerprint density at radius 1 is 1.39 bits per heavy atom. The molecule has 5 nitrogen and oxygen atoms in total. The monoisotopic (exact) mass is 264 g/mol. The van der Waals surface area contributed by atoms with Gasteiger partial charge in [0.15, 0.2) is 0 Å². The summed E-state index contributed by atoms with van der Waals surface area (Å²) in [6, 6.07) is 2.15. The minimum atomic E-state index is 0.208. The fraction of sp³-hybridized carbons (Fsp3) is 0.583. The van der Waals surface area contributed by atoms with Crippen LogP contribution in [0.3, 0.4) is 0 Å². The largest absolute Gasteiger partial charge is 0.367 e. The summed E-state index contributed by atoms with van der Waals surface area (Å²) in [5.41, 5.74) is 0. The number of carbonyl (C=O) groups is 1. The summed E-state index contributed by atoms with van der Waals surface area (Å²) in [5.74, 6) is 1.33. The number of hydrogen-bond donors (Lipinski definition) is 2. The Hall–Kier alpha value is -1.30. The van der Waals surface area contributed by atoms with Crippen LogP contribution in [-0.4, -0.2) is 39.9 Å². The first-order valence-electron chi connectivity index (χ1n) is 6.29. The molecule has 2 fully saturated rings. The Morgan fingerprint density at radius 2 is 2.17 bits per heavy atom. The van der Waals surface area contributed by atoms with Gasteiger partial charge in [-0.3, -0.25) is 4.79 Å². The molecule has 96 valence electrons. The maximum atomic E-state index is 11.9. The van der Waals surface area contributed by atoms with Gasteiger partial charge in [0.2, 0.25) is 5.91 Å². The highest BCUT2D eigenvalue weighted by Crippen LogP contribution is 2.32. The second-order valence-corrected chi connectivity index (χ2v) is 5.41. The minimum Gasteiger partial charge on any atom is -0.367 e. The highest BCUT2D eigenvalue weighted by atomic mass is 32.1. The second kappa shape index (κ2) is 4.76. The molecule has 1 N–H and O–H groups in total. The zero-order valence-electron chi connectivity index (χ0n) is 10.0. The van der Waals surface area contributed by atoms with Crippen LogP contribution in [0.2, 0.25) is 0 Å². The van der Waals surface area contributed by atoms with Crippen LogP contribution in [0.4, 0.5) is 5.82 Å². The molecular formula is C12H16N4OS. The van der Waals surface area contributed by atoms with Crippen molar-refractivity contribution in [1.29, 1.82) is 0 Å². The van der Waals surface area contributed by atoms with E-state index >= 15 is 0 Å². The van der Waals surface area contributed by atoms with Gasteiger partial charge in [0.05, 0.1) is 5.03 Å². The fourth-order valence-electron chi connectivity index (χ4n) is 2.37. The molecule has 2 aliphatic rings. The number of hydrogen-bond acceptors (Lipinski definition) is 5. The van der Waals surface area contributed by atoms with Gasteiger partial charge in [0.25, 0.3) is 0 Å². The zero-order valence-corrected chi connectivity index (χ0v) is 10.9. The van der Waals surface area contributed by atoms with Gasteiger partial charge in [-0.1, -0.05) is 0 Å². The molecule has 1 amide bonds. The molecule has 1 aromatic heterocycles. The molecule has 0 spiro atoms. The van der Waals surface area contributed by atoms with Crippen molar-refractivity contribution in [3.8, 4) is 0 Å².